The van der Waals surface area contributed by atoms with E-state index < -0.39 is 0 Å². The maximum atomic E-state index is 12.6. The number of aromatic nitrogens is 3. The lowest BCUT2D eigenvalue weighted by Gasteiger charge is -2.15. The maximum Gasteiger partial charge on any atom is 0.323 e. The Hall–Kier alpha value is -4.37. The number of imidazole rings is 1. The van der Waals surface area contributed by atoms with Crippen LogP contribution in [-0.2, 0) is 4.74 Å². The molecule has 2 aromatic carbocycles. The van der Waals surface area contributed by atoms with Gasteiger partial charge in [-0.2, -0.15) is 0 Å². The van der Waals surface area contributed by atoms with Crippen LogP contribution in [0, 0.1) is 0 Å². The van der Waals surface area contributed by atoms with Crippen LogP contribution in [0.1, 0.15) is 6.92 Å². The Morgan fingerprint density at radius 3 is 2.47 bits per heavy atom. The number of nitrogens with one attached hydrogen (secondary N) is 3. The lowest BCUT2D eigenvalue weighted by Crippen LogP contribution is -2.23. The molecule has 0 fully saturated rings. The van der Waals surface area contributed by atoms with Crippen molar-refractivity contribution in [3.05, 3.63) is 73.1 Å². The average Bonchev–Trinajstić information content (AvgIpc) is 3.36. The van der Waals surface area contributed by atoms with Gasteiger partial charge in [-0.15, -0.1) is 0 Å². The van der Waals surface area contributed by atoms with Gasteiger partial charge in [-0.1, -0.05) is 12.1 Å². The summed E-state index contributed by atoms with van der Waals surface area (Å²) in [5.41, 5.74) is 4.79. The molecule has 0 saturated heterocycles. The van der Waals surface area contributed by atoms with Crippen LogP contribution >= 0.6 is 0 Å². The maximum absolute atomic E-state index is 12.6. The molecule has 4 rings (SSSR count). The molecule has 0 unspecified atom stereocenters. The minimum absolute atomic E-state index is 0.343. The predicted octanol–water partition coefficient (Wildman–Crippen LogP) is 5.26. The van der Waals surface area contributed by atoms with Crippen molar-refractivity contribution in [2.75, 3.05) is 49.4 Å². The number of anilines is 3. The number of benzene rings is 2. The van der Waals surface area contributed by atoms with Crippen molar-refractivity contribution in [3.8, 4) is 28.3 Å². The lowest BCUT2D eigenvalue weighted by atomic mass is 10.1. The van der Waals surface area contributed by atoms with Gasteiger partial charge in [0.05, 0.1) is 25.1 Å². The highest BCUT2D eigenvalue weighted by molar-refractivity contribution is 6.00. The number of ether oxygens (including phenoxy) is 2. The Balaban J connectivity index is 1.57. The first-order valence-corrected chi connectivity index (χ1v) is 11.7. The van der Waals surface area contributed by atoms with Gasteiger partial charge in [0.25, 0.3) is 0 Å². The van der Waals surface area contributed by atoms with Gasteiger partial charge in [0, 0.05) is 55.1 Å². The van der Waals surface area contributed by atoms with E-state index >= 15 is 0 Å². The van der Waals surface area contributed by atoms with Crippen molar-refractivity contribution in [2.45, 2.75) is 6.92 Å². The molecule has 2 amide bonds. The zero-order valence-corrected chi connectivity index (χ0v) is 20.6. The normalized spacial score (nSPS) is 10.6. The topological polar surface area (TPSA) is 104 Å². The van der Waals surface area contributed by atoms with E-state index in [0.717, 1.165) is 34.2 Å². The fourth-order valence-corrected chi connectivity index (χ4v) is 3.64. The van der Waals surface area contributed by atoms with E-state index in [1.165, 1.54) is 0 Å². The fraction of sp³-hybridized carbons (Fsp3) is 0.222. The first-order valence-electron chi connectivity index (χ1n) is 11.7. The summed E-state index contributed by atoms with van der Waals surface area (Å²) in [6.07, 6.45) is 3.50. The second-order valence-corrected chi connectivity index (χ2v) is 8.03. The Labute approximate surface area is 210 Å². The molecule has 0 aliphatic carbocycles. The van der Waals surface area contributed by atoms with Crippen LogP contribution in [0.25, 0.3) is 22.5 Å². The zero-order chi connectivity index (χ0) is 25.3. The van der Waals surface area contributed by atoms with Gasteiger partial charge in [0.15, 0.2) is 0 Å². The van der Waals surface area contributed by atoms with Crippen molar-refractivity contribution in [2.24, 2.45) is 0 Å². The smallest absolute Gasteiger partial charge is 0.323 e. The van der Waals surface area contributed by atoms with Crippen LogP contribution in [0.2, 0.25) is 0 Å². The molecule has 2 heterocycles. The third kappa shape index (κ3) is 6.19. The highest BCUT2D eigenvalue weighted by Gasteiger charge is 2.17. The van der Waals surface area contributed by atoms with Crippen LogP contribution in [0.4, 0.5) is 22.1 Å². The predicted molar refractivity (Wildman–Crippen MR) is 143 cm³/mol. The summed E-state index contributed by atoms with van der Waals surface area (Å²) >= 11 is 0. The minimum Gasteiger partial charge on any atom is -0.497 e. The number of aromatic amines is 1. The summed E-state index contributed by atoms with van der Waals surface area (Å²) in [7, 11) is 3.57. The van der Waals surface area contributed by atoms with Gasteiger partial charge in [-0.3, -0.25) is 4.98 Å². The Bertz CT molecular complexity index is 1270. The molecule has 4 aromatic rings. The molecule has 0 saturated carbocycles. The number of carbonyl (C=O) groups is 1. The molecule has 0 radical (unpaired) electrons. The molecule has 3 N–H and O–H groups in total. The Morgan fingerprint density at radius 1 is 1.00 bits per heavy atom. The lowest BCUT2D eigenvalue weighted by molar-refractivity contribution is 0.154. The Kier molecular flexibility index (Phi) is 8.15. The molecule has 186 valence electrons. The van der Waals surface area contributed by atoms with E-state index in [-0.39, 0.29) is 6.03 Å². The number of pyridine rings is 1. The van der Waals surface area contributed by atoms with Crippen LogP contribution in [0.3, 0.4) is 0 Å². The molecule has 0 atom stereocenters. The third-order valence-electron chi connectivity index (χ3n) is 5.54. The minimum atomic E-state index is -0.343. The summed E-state index contributed by atoms with van der Waals surface area (Å²) < 4.78 is 10.7. The van der Waals surface area contributed by atoms with Gasteiger partial charge < -0.3 is 30.0 Å². The monoisotopic (exact) mass is 486 g/mol. The van der Waals surface area contributed by atoms with Crippen LogP contribution in [0.15, 0.2) is 73.1 Å². The van der Waals surface area contributed by atoms with Crippen molar-refractivity contribution in [3.63, 3.8) is 0 Å². The van der Waals surface area contributed by atoms with E-state index in [4.69, 9.17) is 14.5 Å². The SMILES string of the molecule is CCOCCN(C)c1nc(-c2cccc(NC(=O)Nc3ccc(OC)cc3)c2)c(-c2ccncc2)[nH]1. The number of likely N-dealkylation sites (N-methyl/N-ethyl adjacent to an activating group) is 1. The van der Waals surface area contributed by atoms with Crippen LogP contribution < -0.4 is 20.3 Å². The van der Waals surface area contributed by atoms with Crippen molar-refractivity contribution in [1.29, 1.82) is 0 Å². The third-order valence-corrected chi connectivity index (χ3v) is 5.54. The molecule has 0 bridgehead atoms. The van der Waals surface area contributed by atoms with Gasteiger partial charge in [0.2, 0.25) is 5.95 Å². The summed E-state index contributed by atoms with van der Waals surface area (Å²) in [5.74, 6) is 1.45. The number of hydrogen-bond acceptors (Lipinski definition) is 6. The molecular weight excluding hydrogens is 456 g/mol. The number of methoxy groups -OCH3 is 1. The van der Waals surface area contributed by atoms with Gasteiger partial charge in [0.1, 0.15) is 5.75 Å². The molecule has 9 nitrogen and oxygen atoms in total. The van der Waals surface area contributed by atoms with Crippen molar-refractivity contribution >= 4 is 23.4 Å². The molecule has 0 aliphatic rings. The average molecular weight is 487 g/mol. The molecular formula is C27H30N6O3. The summed E-state index contributed by atoms with van der Waals surface area (Å²) in [5, 5.41) is 5.72. The number of rotatable bonds is 10. The second kappa shape index (κ2) is 11.9. The number of carbonyl (C=O) groups excluding carboxylic acids is 1. The van der Waals surface area contributed by atoms with Crippen molar-refractivity contribution in [1.82, 2.24) is 15.0 Å². The second-order valence-electron chi connectivity index (χ2n) is 8.03. The first-order chi connectivity index (χ1) is 17.6. The van der Waals surface area contributed by atoms with Gasteiger partial charge in [-0.05, 0) is 55.5 Å². The molecule has 0 aliphatic heterocycles. The standard InChI is InChI=1S/C27H30N6O3/c1-4-36-17-16-33(2)26-31-24(19-12-14-28-15-13-19)25(32-26)20-6-5-7-22(18-20)30-27(34)29-21-8-10-23(35-3)11-9-21/h5-15,18H,4,16-17H2,1-3H3,(H,31,32)(H2,29,30,34). The van der Waals surface area contributed by atoms with E-state index in [1.807, 2.05) is 55.3 Å². The molecule has 2 aromatic heterocycles. The summed E-state index contributed by atoms with van der Waals surface area (Å²) in [6.45, 7) is 3.95. The number of H-pyrrole nitrogens is 1. The van der Waals surface area contributed by atoms with Crippen LogP contribution in [-0.4, -0.2) is 54.9 Å². The highest BCUT2D eigenvalue weighted by atomic mass is 16.5. The molecule has 0 spiro atoms. The number of amides is 2. The number of urea groups is 1. The summed E-state index contributed by atoms with van der Waals surface area (Å²) in [6, 6.07) is 18.3. The van der Waals surface area contributed by atoms with Gasteiger partial charge in [-0.25, -0.2) is 9.78 Å². The van der Waals surface area contributed by atoms with Crippen LogP contribution in [0.5, 0.6) is 5.75 Å². The highest BCUT2D eigenvalue weighted by Crippen LogP contribution is 2.33. The number of hydrogen-bond donors (Lipinski definition) is 3. The zero-order valence-electron chi connectivity index (χ0n) is 20.6. The Morgan fingerprint density at radius 2 is 1.75 bits per heavy atom. The van der Waals surface area contributed by atoms with E-state index in [0.29, 0.717) is 31.1 Å². The fourth-order valence-electron chi connectivity index (χ4n) is 3.64. The van der Waals surface area contributed by atoms with E-state index in [9.17, 15) is 4.79 Å². The van der Waals surface area contributed by atoms with E-state index in [1.54, 1.807) is 43.8 Å². The van der Waals surface area contributed by atoms with E-state index in [2.05, 4.69) is 20.6 Å². The van der Waals surface area contributed by atoms with Crippen molar-refractivity contribution < 1.29 is 14.3 Å². The molecule has 9 heteroatoms. The largest absolute Gasteiger partial charge is 0.497 e. The summed E-state index contributed by atoms with van der Waals surface area (Å²) in [4.78, 5) is 27.1. The molecule has 36 heavy (non-hydrogen) atoms. The first kappa shape index (κ1) is 24.7. The van der Waals surface area contributed by atoms with Gasteiger partial charge >= 0.3 is 6.03 Å². The quantitative estimate of drug-likeness (QED) is 0.264. The number of nitrogens with zero attached hydrogens (tertiary/aromatic N) is 3.